The lowest BCUT2D eigenvalue weighted by molar-refractivity contribution is 0.790. The molecule has 1 aliphatic heterocycles. The first-order valence-electron chi connectivity index (χ1n) is 20.1. The maximum absolute atomic E-state index is 6.82. The molecule has 5 nitrogen and oxygen atoms in total. The molecule has 0 saturated carbocycles. The van der Waals surface area contributed by atoms with E-state index in [1.54, 1.807) is 0 Å². The standard InChI is InChI=1S/C46H42B5N5S/c1-24-15-20-34-32(21-24)31-19-18-30-27-11-5-7-13-33(27)55(43(30)44(31)56(34)26-16-17-29-28-12-6-8-14-35(28)57-36(29)22-26)23-53-46(54-45(52)25-9-3-2-4-10-25)37-38(47)40(49)42(51)41(50)39(37)48/h2-14,16-22,24,29,36H,15,23,47-51H2,1H3,(H2,52,53,54). The molecule has 0 saturated heterocycles. The van der Waals surface area contributed by atoms with E-state index >= 15 is 0 Å². The Hall–Kier alpha value is -5.53. The van der Waals surface area contributed by atoms with Gasteiger partial charge in [-0.3, -0.25) is 0 Å². The average Bonchev–Trinajstić information content (AvgIpc) is 3.88. The summed E-state index contributed by atoms with van der Waals surface area (Å²) in [7, 11) is 11.0. The second-order valence-electron chi connectivity index (χ2n) is 16.1. The molecule has 10 rings (SSSR count). The van der Waals surface area contributed by atoms with Gasteiger partial charge in [0.05, 0.1) is 16.6 Å². The van der Waals surface area contributed by atoms with E-state index in [1.165, 1.54) is 81.2 Å². The maximum atomic E-state index is 6.82. The fourth-order valence-electron chi connectivity index (χ4n) is 9.51. The van der Waals surface area contributed by atoms with Crippen LogP contribution in [-0.4, -0.2) is 65.3 Å². The molecular weight excluding hydrogens is 709 g/mol. The topological polar surface area (TPSA) is 60.6 Å². The van der Waals surface area contributed by atoms with Gasteiger partial charge in [0.2, 0.25) is 0 Å². The summed E-state index contributed by atoms with van der Waals surface area (Å²) >= 11 is 1.99. The molecule has 2 aliphatic carbocycles. The molecule has 3 atom stereocenters. The molecule has 3 unspecified atom stereocenters. The van der Waals surface area contributed by atoms with Crippen LogP contribution in [-0.2, 0) is 6.67 Å². The van der Waals surface area contributed by atoms with Crippen molar-refractivity contribution in [3.63, 3.8) is 0 Å². The molecule has 2 N–H and O–H groups in total. The van der Waals surface area contributed by atoms with Crippen LogP contribution in [0.4, 0.5) is 0 Å². The minimum atomic E-state index is 0.347. The molecule has 5 aromatic carbocycles. The van der Waals surface area contributed by atoms with E-state index in [1.807, 2.05) is 42.1 Å². The van der Waals surface area contributed by atoms with E-state index in [0.717, 1.165) is 23.1 Å². The SMILES string of the molecule is Bc1c(B)c(B)c(C(/N=C(\N)c2ccccc2)=N/Cn2c3ccccc3c3ccc4c5c(n(C6=CC7Sc8ccccc8C7C=C6)c4c32)=CCC(C)C=5)c(B)c1B. The van der Waals surface area contributed by atoms with Crippen molar-refractivity contribution in [2.45, 2.75) is 36.1 Å². The van der Waals surface area contributed by atoms with Crippen molar-refractivity contribution >= 4 is 141 Å². The fraction of sp³-hybridized carbons (Fsp3) is 0.130. The van der Waals surface area contributed by atoms with E-state index in [9.17, 15) is 0 Å². The first-order valence-corrected chi connectivity index (χ1v) is 21.0. The number of nitrogens with two attached hydrogens (primary N) is 1. The number of aromatic nitrogens is 2. The summed E-state index contributed by atoms with van der Waals surface area (Å²) in [6, 6.07) is 32.4. The number of para-hydroxylation sites is 1. The van der Waals surface area contributed by atoms with Gasteiger partial charge in [0.1, 0.15) is 51.7 Å². The predicted octanol–water partition coefficient (Wildman–Crippen LogP) is 0.121. The number of hydrogen-bond acceptors (Lipinski definition) is 2. The van der Waals surface area contributed by atoms with Crippen molar-refractivity contribution in [3.05, 3.63) is 136 Å². The molecule has 0 radical (unpaired) electrons. The van der Waals surface area contributed by atoms with Gasteiger partial charge in [0.25, 0.3) is 0 Å². The molecule has 3 heterocycles. The van der Waals surface area contributed by atoms with Gasteiger partial charge in [-0.25, -0.2) is 9.98 Å². The van der Waals surface area contributed by atoms with Gasteiger partial charge in [0, 0.05) is 59.6 Å². The molecule has 0 spiro atoms. The number of thioether (sulfide) groups is 1. The molecule has 272 valence electrons. The number of fused-ring (bicyclic) bond motifs is 10. The Balaban J connectivity index is 1.24. The van der Waals surface area contributed by atoms with Crippen LogP contribution < -0.4 is 43.6 Å². The summed E-state index contributed by atoms with van der Waals surface area (Å²) in [5, 5.41) is 6.66. The first-order chi connectivity index (χ1) is 27.7. The van der Waals surface area contributed by atoms with Gasteiger partial charge >= 0.3 is 0 Å². The minimum absolute atomic E-state index is 0.347. The Bertz CT molecular complexity index is 3070. The Morgan fingerprint density at radius 3 is 2.28 bits per heavy atom. The number of benzene rings is 5. The molecule has 0 amide bonds. The highest BCUT2D eigenvalue weighted by molar-refractivity contribution is 8.00. The zero-order valence-corrected chi connectivity index (χ0v) is 34.3. The van der Waals surface area contributed by atoms with Crippen LogP contribution in [0.2, 0.25) is 0 Å². The van der Waals surface area contributed by atoms with E-state index in [0.29, 0.717) is 35.4 Å². The lowest BCUT2D eigenvalue weighted by Gasteiger charge is -2.21. The molecule has 3 aliphatic rings. The fourth-order valence-corrected chi connectivity index (χ4v) is 10.9. The van der Waals surface area contributed by atoms with Gasteiger partial charge < -0.3 is 14.9 Å². The summed E-state index contributed by atoms with van der Waals surface area (Å²) in [5.41, 5.74) is 21.2. The molecule has 11 heteroatoms. The highest BCUT2D eigenvalue weighted by Gasteiger charge is 2.33. The quantitative estimate of drug-likeness (QED) is 0.155. The van der Waals surface area contributed by atoms with E-state index < -0.39 is 0 Å². The predicted molar refractivity (Wildman–Crippen MR) is 260 cm³/mol. The number of hydrogen-bond donors (Lipinski definition) is 1. The molecule has 0 fully saturated rings. The molecule has 0 bridgehead atoms. The number of nitrogens with zero attached hydrogens (tertiary/aromatic N) is 4. The second-order valence-corrected chi connectivity index (χ2v) is 17.3. The minimum Gasteiger partial charge on any atom is -0.383 e. The number of aliphatic imine (C=N–C) groups is 2. The van der Waals surface area contributed by atoms with Crippen LogP contribution >= 0.6 is 11.8 Å². The summed E-state index contributed by atoms with van der Waals surface area (Å²) in [4.78, 5) is 12.1. The molecule has 2 aromatic heterocycles. The van der Waals surface area contributed by atoms with Crippen molar-refractivity contribution in [2.24, 2.45) is 21.6 Å². The van der Waals surface area contributed by atoms with Crippen LogP contribution in [0.15, 0.2) is 124 Å². The number of allylic oxidation sites excluding steroid dienone is 3. The Labute approximate surface area is 342 Å². The van der Waals surface area contributed by atoms with Gasteiger partial charge in [-0.05, 0) is 42.2 Å². The van der Waals surface area contributed by atoms with Crippen LogP contribution in [0.5, 0.6) is 0 Å². The highest BCUT2D eigenvalue weighted by atomic mass is 32.2. The third-order valence-electron chi connectivity index (χ3n) is 12.9. The zero-order valence-electron chi connectivity index (χ0n) is 33.5. The zero-order chi connectivity index (χ0) is 39.1. The summed E-state index contributed by atoms with van der Waals surface area (Å²) in [6.07, 6.45) is 13.3. The normalized spacial score (nSPS) is 19.0. The van der Waals surface area contributed by atoms with E-state index in [4.69, 9.17) is 15.7 Å². The third-order valence-corrected chi connectivity index (χ3v) is 14.2. The Kier molecular flexibility index (Phi) is 8.71. The monoisotopic (exact) mass is 751 g/mol. The summed E-state index contributed by atoms with van der Waals surface area (Å²) in [5.74, 6) is 1.96. The van der Waals surface area contributed by atoms with Crippen molar-refractivity contribution in [3.8, 4) is 0 Å². The maximum Gasteiger partial charge on any atom is 0.157 e. The van der Waals surface area contributed by atoms with Crippen LogP contribution in [0.1, 0.15) is 36.0 Å². The largest absolute Gasteiger partial charge is 0.383 e. The average molecular weight is 751 g/mol. The van der Waals surface area contributed by atoms with Crippen molar-refractivity contribution < 1.29 is 0 Å². The number of amidine groups is 2. The summed E-state index contributed by atoms with van der Waals surface area (Å²) < 4.78 is 4.97. The first kappa shape index (κ1) is 35.9. The lowest BCUT2D eigenvalue weighted by Crippen LogP contribution is -2.57. The van der Waals surface area contributed by atoms with Crippen LogP contribution in [0.25, 0.3) is 50.6 Å². The highest BCUT2D eigenvalue weighted by Crippen LogP contribution is 2.49. The van der Waals surface area contributed by atoms with E-state index in [-0.39, 0.29) is 0 Å². The van der Waals surface area contributed by atoms with Gasteiger partial charge in [-0.2, -0.15) is 0 Å². The third kappa shape index (κ3) is 5.68. The smallest absolute Gasteiger partial charge is 0.157 e. The van der Waals surface area contributed by atoms with Crippen molar-refractivity contribution in [2.75, 3.05) is 0 Å². The molecule has 7 aromatic rings. The van der Waals surface area contributed by atoms with Crippen molar-refractivity contribution in [1.82, 2.24) is 9.13 Å². The van der Waals surface area contributed by atoms with Crippen molar-refractivity contribution in [1.29, 1.82) is 0 Å². The Morgan fingerprint density at radius 1 is 0.772 bits per heavy atom. The van der Waals surface area contributed by atoms with Gasteiger partial charge in [-0.15, -0.1) is 28.2 Å². The molecular formula is C46H42B5N5S. The van der Waals surface area contributed by atoms with E-state index in [2.05, 4.69) is 146 Å². The number of rotatable bonds is 5. The lowest BCUT2D eigenvalue weighted by atomic mass is 9.60. The summed E-state index contributed by atoms with van der Waals surface area (Å²) in [6.45, 7) is 2.70. The van der Waals surface area contributed by atoms with Crippen LogP contribution in [0, 0.1) is 5.92 Å². The molecule has 57 heavy (non-hydrogen) atoms. The Morgan fingerprint density at radius 2 is 1.47 bits per heavy atom. The second kappa shape index (κ2) is 13.8. The van der Waals surface area contributed by atoms with Gasteiger partial charge in [-0.1, -0.05) is 115 Å². The van der Waals surface area contributed by atoms with Gasteiger partial charge in [0.15, 0.2) is 5.84 Å². The van der Waals surface area contributed by atoms with Crippen LogP contribution in [0.3, 0.4) is 0 Å².